The highest BCUT2D eigenvalue weighted by atomic mass is 32.1. The number of likely N-dealkylation sites (tertiary alicyclic amines) is 1. The Morgan fingerprint density at radius 1 is 1.39 bits per heavy atom. The second kappa shape index (κ2) is 7.73. The van der Waals surface area contributed by atoms with Crippen LogP contribution in [0.15, 0.2) is 34.8 Å². The van der Waals surface area contributed by atoms with Crippen molar-refractivity contribution in [2.24, 2.45) is 5.16 Å². The van der Waals surface area contributed by atoms with Crippen molar-refractivity contribution in [3.63, 3.8) is 0 Å². The number of carboxylic acid groups (broad SMARTS) is 1. The van der Waals surface area contributed by atoms with Crippen LogP contribution < -0.4 is 9.39 Å². The molecule has 0 spiro atoms. The van der Waals surface area contributed by atoms with Crippen molar-refractivity contribution in [1.29, 1.82) is 0 Å². The molecule has 146 valence electrons. The zero-order valence-electron chi connectivity index (χ0n) is 14.9. The third-order valence-electron chi connectivity index (χ3n) is 4.86. The maximum absolute atomic E-state index is 11.8. The average Bonchev–Trinajstić information content (AvgIpc) is 3.15. The van der Waals surface area contributed by atoms with E-state index in [2.05, 4.69) is 5.16 Å². The summed E-state index contributed by atoms with van der Waals surface area (Å²) >= 11 is 1.59. The molecule has 8 nitrogen and oxygen atoms in total. The van der Waals surface area contributed by atoms with Crippen LogP contribution in [-0.4, -0.2) is 58.4 Å². The average molecular weight is 402 g/mol. The van der Waals surface area contributed by atoms with Gasteiger partial charge in [0.05, 0.1) is 13.1 Å². The first-order valence-electron chi connectivity index (χ1n) is 8.94. The number of nitrogens with zero attached hydrogens (tertiary/aromatic N) is 2. The lowest BCUT2D eigenvalue weighted by molar-refractivity contribution is 0.0578. The molecule has 2 aliphatic heterocycles. The number of thiophene rings is 1. The largest absolute Gasteiger partial charge is 0.535 e. The highest BCUT2D eigenvalue weighted by Crippen LogP contribution is 2.37. The third-order valence-corrected chi connectivity index (χ3v) is 5.74. The molecule has 0 bridgehead atoms. The highest BCUT2D eigenvalue weighted by Gasteiger charge is 2.35. The van der Waals surface area contributed by atoms with E-state index in [4.69, 9.17) is 9.39 Å². The molecule has 1 saturated heterocycles. The molecule has 0 unspecified atom stereocenters. The van der Waals surface area contributed by atoms with Gasteiger partial charge in [0.1, 0.15) is 29.0 Å². The van der Waals surface area contributed by atoms with E-state index in [0.29, 0.717) is 38.1 Å². The summed E-state index contributed by atoms with van der Waals surface area (Å²) in [5.74, 6) is -0.217. The number of rotatable bonds is 5. The van der Waals surface area contributed by atoms with Crippen LogP contribution in [0.25, 0.3) is 0 Å². The molecule has 1 aromatic carbocycles. The van der Waals surface area contributed by atoms with Gasteiger partial charge in [-0.3, -0.25) is 0 Å². The molecule has 3 heterocycles. The van der Waals surface area contributed by atoms with Gasteiger partial charge < -0.3 is 29.6 Å². The highest BCUT2D eigenvalue weighted by molar-refractivity contribution is 7.10. The molecule has 2 aliphatic rings. The molecule has 28 heavy (non-hydrogen) atoms. The van der Waals surface area contributed by atoms with Crippen LogP contribution in [-0.2, 0) is 12.8 Å². The van der Waals surface area contributed by atoms with Crippen LogP contribution in [0.3, 0.4) is 0 Å². The molecule has 3 N–H and O–H groups in total. The van der Waals surface area contributed by atoms with Crippen molar-refractivity contribution in [3.8, 4) is 11.5 Å². The summed E-state index contributed by atoms with van der Waals surface area (Å²) in [5.41, 5.74) is 0.681. The summed E-state index contributed by atoms with van der Waals surface area (Å²) in [6.45, 7) is 0.981. The van der Waals surface area contributed by atoms with E-state index in [-0.39, 0.29) is 23.2 Å². The predicted octanol–water partition coefficient (Wildman–Crippen LogP) is 1.96. The van der Waals surface area contributed by atoms with E-state index in [9.17, 15) is 20.1 Å². The molecule has 0 amide bonds. The van der Waals surface area contributed by atoms with Crippen LogP contribution in [0.2, 0.25) is 6.32 Å². The quantitative estimate of drug-likeness (QED) is 0.230. The molecule has 1 fully saturated rings. The van der Waals surface area contributed by atoms with Gasteiger partial charge in [-0.25, -0.2) is 4.79 Å². The number of hydrogen-bond acceptors (Lipinski definition) is 7. The second-order valence-corrected chi connectivity index (χ2v) is 7.79. The summed E-state index contributed by atoms with van der Waals surface area (Å²) in [7, 11) is -1.01. The van der Waals surface area contributed by atoms with E-state index in [1.807, 2.05) is 22.4 Å². The number of aryl methyl sites for hydroxylation is 1. The molecule has 4 rings (SSSR count). The second-order valence-electron chi connectivity index (χ2n) is 6.76. The Kier molecular flexibility index (Phi) is 5.14. The summed E-state index contributed by atoms with van der Waals surface area (Å²) < 4.78 is 11.3. The third kappa shape index (κ3) is 3.65. The molecule has 1 aromatic heterocycles. The van der Waals surface area contributed by atoms with Crippen molar-refractivity contribution < 1.29 is 29.5 Å². The number of fused-ring (bicyclic) bond motifs is 1. The van der Waals surface area contributed by atoms with Crippen LogP contribution in [0.4, 0.5) is 0 Å². The van der Waals surface area contributed by atoms with Crippen molar-refractivity contribution in [3.05, 3.63) is 45.6 Å². The van der Waals surface area contributed by atoms with Gasteiger partial charge in [-0.2, -0.15) is 0 Å². The Balaban J connectivity index is 1.44. The van der Waals surface area contributed by atoms with E-state index < -0.39 is 13.1 Å². The van der Waals surface area contributed by atoms with Gasteiger partial charge in [0.25, 0.3) is 0 Å². The Morgan fingerprint density at radius 3 is 2.89 bits per heavy atom. The summed E-state index contributed by atoms with van der Waals surface area (Å²) in [6.07, 6.45) is 1.28. The molecule has 10 heteroatoms. The first-order valence-corrected chi connectivity index (χ1v) is 9.82. The minimum atomic E-state index is -1.16. The van der Waals surface area contributed by atoms with E-state index in [1.54, 1.807) is 23.5 Å². The minimum Gasteiger partial charge on any atom is -0.535 e. The Hall–Kier alpha value is -2.72. The molecule has 2 aromatic rings. The number of carbonyl (C=O) groups is 1. The fourth-order valence-electron chi connectivity index (χ4n) is 3.40. The number of oxime groups is 1. The van der Waals surface area contributed by atoms with Crippen molar-refractivity contribution in [2.75, 3.05) is 13.1 Å². The Morgan fingerprint density at radius 2 is 2.21 bits per heavy atom. The number of hydrogen-bond donors (Lipinski definition) is 3. The lowest BCUT2D eigenvalue weighted by atomic mass is 9.78. The monoisotopic (exact) mass is 402 g/mol. The van der Waals surface area contributed by atoms with Gasteiger partial charge in [0.15, 0.2) is 0 Å². The fraction of sp³-hybridized carbons (Fsp3) is 0.333. The zero-order chi connectivity index (χ0) is 19.7. The molecular weight excluding hydrogens is 383 g/mol. The van der Waals surface area contributed by atoms with E-state index in [1.165, 1.54) is 0 Å². The lowest BCUT2D eigenvalue weighted by Gasteiger charge is -2.40. The summed E-state index contributed by atoms with van der Waals surface area (Å²) in [4.78, 5) is 14.8. The molecular formula is C18H19BN2O6S. The molecule has 0 saturated carbocycles. The van der Waals surface area contributed by atoms with Gasteiger partial charge in [-0.05, 0) is 35.8 Å². The van der Waals surface area contributed by atoms with Crippen molar-refractivity contribution in [2.45, 2.75) is 25.3 Å². The Labute approximate surface area is 165 Å². The normalized spacial score (nSPS) is 17.0. The number of carboxylic acids is 1. The Bertz CT molecular complexity index is 898. The zero-order valence-corrected chi connectivity index (χ0v) is 15.8. The van der Waals surface area contributed by atoms with Gasteiger partial charge in [-0.1, -0.05) is 17.3 Å². The van der Waals surface area contributed by atoms with Gasteiger partial charge in [0, 0.05) is 11.3 Å². The van der Waals surface area contributed by atoms with Crippen LogP contribution in [0, 0.1) is 0 Å². The van der Waals surface area contributed by atoms with E-state index >= 15 is 0 Å². The van der Waals surface area contributed by atoms with Crippen molar-refractivity contribution >= 4 is 30.3 Å². The maximum atomic E-state index is 11.8. The van der Waals surface area contributed by atoms with Crippen molar-refractivity contribution in [1.82, 2.24) is 4.90 Å². The fourth-order valence-corrected chi connectivity index (χ4v) is 4.10. The SMILES string of the molecule is O=C(O)c1c(OC2CN(C(Cc3cccs3)=NO)C2)ccc2c1OB(O)CC2. The number of benzene rings is 1. The number of ether oxygens (including phenoxy) is 1. The molecule has 0 aliphatic carbocycles. The number of aromatic carboxylic acids is 1. The minimum absolute atomic E-state index is 0.0654. The smallest absolute Gasteiger partial charge is 0.522 e. The lowest BCUT2D eigenvalue weighted by Crippen LogP contribution is -2.56. The standard InChI is InChI=1S/C18H19BN2O6S/c22-18(23)16-14(4-3-11-5-6-19(24)27-17(11)16)26-12-9-21(10-12)15(20-25)8-13-2-1-7-28-13/h1-4,7,12,24-25H,5-6,8-10H2,(H,22,23). The van der Waals surface area contributed by atoms with Gasteiger partial charge >= 0.3 is 13.1 Å². The first kappa shape index (κ1) is 18.6. The van der Waals surface area contributed by atoms with Gasteiger partial charge in [0.2, 0.25) is 0 Å². The van der Waals surface area contributed by atoms with Gasteiger partial charge in [-0.15, -0.1) is 11.3 Å². The summed E-state index contributed by atoms with van der Waals surface area (Å²) in [5, 5.41) is 34.0. The number of amidine groups is 1. The predicted molar refractivity (Wildman–Crippen MR) is 104 cm³/mol. The summed E-state index contributed by atoms with van der Waals surface area (Å²) in [6, 6.07) is 7.33. The topological polar surface area (TPSA) is 112 Å². The van der Waals surface area contributed by atoms with E-state index in [0.717, 1.165) is 10.4 Å². The first-order chi connectivity index (χ1) is 13.5. The van der Waals surface area contributed by atoms with Crippen LogP contribution in [0.1, 0.15) is 20.8 Å². The van der Waals surface area contributed by atoms with Crippen LogP contribution >= 0.6 is 11.3 Å². The van der Waals surface area contributed by atoms with Crippen LogP contribution in [0.5, 0.6) is 11.5 Å². The maximum Gasteiger partial charge on any atom is 0.522 e. The molecule has 0 atom stereocenters. The molecule has 0 radical (unpaired) electrons.